The molecule has 9 heteroatoms. The van der Waals surface area contributed by atoms with Gasteiger partial charge in [-0.3, -0.25) is 4.79 Å². The average Bonchev–Trinajstić information content (AvgIpc) is 1.94. The second-order valence-corrected chi connectivity index (χ2v) is 4.40. The van der Waals surface area contributed by atoms with Crippen molar-refractivity contribution < 1.29 is 36.2 Å². The molecule has 0 aromatic rings. The highest BCUT2D eigenvalue weighted by Gasteiger charge is 2.61. The van der Waals surface area contributed by atoms with Crippen molar-refractivity contribution in [3.05, 3.63) is 0 Å². The first-order valence-corrected chi connectivity index (χ1v) is 4.83. The van der Waals surface area contributed by atoms with Gasteiger partial charge >= 0.3 is 12.4 Å². The molecule has 0 rings (SSSR count). The van der Waals surface area contributed by atoms with Crippen molar-refractivity contribution in [1.29, 1.82) is 0 Å². The number of carbonyl (C=O) groups excluding carboxylic acids is 1. The Balaban J connectivity index is 5.15. The molecule has 0 aromatic heterocycles. The lowest BCUT2D eigenvalue weighted by molar-refractivity contribution is -0.274. The number of hydrogen-bond donors (Lipinski definition) is 2. The van der Waals surface area contributed by atoms with Gasteiger partial charge in [-0.15, -0.1) is 0 Å². The molecule has 1 amide bonds. The third-order valence-corrected chi connectivity index (χ3v) is 2.41. The smallest absolute Gasteiger partial charge is 0.391 e. The highest BCUT2D eigenvalue weighted by molar-refractivity contribution is 5.81. The Morgan fingerprint density at radius 2 is 1.39 bits per heavy atom. The van der Waals surface area contributed by atoms with E-state index < -0.39 is 35.8 Å². The molecule has 1 atom stereocenters. The van der Waals surface area contributed by atoms with E-state index in [0.29, 0.717) is 0 Å². The van der Waals surface area contributed by atoms with Gasteiger partial charge in [-0.1, -0.05) is 0 Å². The maximum absolute atomic E-state index is 12.2. The zero-order valence-electron chi connectivity index (χ0n) is 9.78. The molecule has 0 radical (unpaired) electrons. The van der Waals surface area contributed by atoms with Crippen LogP contribution in [0.2, 0.25) is 0 Å². The number of nitrogens with one attached hydrogen (secondary N) is 1. The number of aliphatic hydroxyl groups is 1. The van der Waals surface area contributed by atoms with E-state index >= 15 is 0 Å². The first-order valence-electron chi connectivity index (χ1n) is 4.83. The maximum Gasteiger partial charge on any atom is 0.409 e. The van der Waals surface area contributed by atoms with Gasteiger partial charge in [0, 0.05) is 0 Å². The summed E-state index contributed by atoms with van der Waals surface area (Å²) in [6.45, 7) is 3.36. The molecule has 0 aliphatic heterocycles. The van der Waals surface area contributed by atoms with Gasteiger partial charge in [0.1, 0.15) is 0 Å². The van der Waals surface area contributed by atoms with Gasteiger partial charge in [0.25, 0.3) is 0 Å². The molecule has 0 aliphatic carbocycles. The van der Waals surface area contributed by atoms with Crippen molar-refractivity contribution >= 4 is 5.91 Å². The Kier molecular flexibility index (Phi) is 4.67. The third-order valence-electron chi connectivity index (χ3n) is 2.41. The fourth-order valence-electron chi connectivity index (χ4n) is 0.977. The summed E-state index contributed by atoms with van der Waals surface area (Å²) in [5, 5.41) is 10.7. The Morgan fingerprint density at radius 1 is 1.06 bits per heavy atom. The summed E-state index contributed by atoms with van der Waals surface area (Å²) in [6.07, 6.45) is -12.8. The van der Waals surface area contributed by atoms with E-state index in [9.17, 15) is 31.1 Å². The lowest BCUT2D eigenvalue weighted by atomic mass is 9.97. The summed E-state index contributed by atoms with van der Waals surface area (Å²) in [7, 11) is 0. The summed E-state index contributed by atoms with van der Waals surface area (Å²) in [5.41, 5.74) is -1.61. The van der Waals surface area contributed by atoms with Gasteiger partial charge < -0.3 is 10.4 Å². The molecule has 0 bridgehead atoms. The lowest BCUT2D eigenvalue weighted by Gasteiger charge is -2.32. The average molecular weight is 281 g/mol. The van der Waals surface area contributed by atoms with E-state index in [1.165, 1.54) is 5.32 Å². The van der Waals surface area contributed by atoms with Crippen molar-refractivity contribution in [3.63, 3.8) is 0 Å². The van der Waals surface area contributed by atoms with Crippen molar-refractivity contribution in [2.45, 2.75) is 44.8 Å². The van der Waals surface area contributed by atoms with Crippen molar-refractivity contribution in [1.82, 2.24) is 5.32 Å². The zero-order valence-corrected chi connectivity index (χ0v) is 9.78. The van der Waals surface area contributed by atoms with Crippen LogP contribution in [0.3, 0.4) is 0 Å². The van der Waals surface area contributed by atoms with Crippen molar-refractivity contribution in [2.75, 3.05) is 0 Å². The monoisotopic (exact) mass is 281 g/mol. The van der Waals surface area contributed by atoms with Crippen molar-refractivity contribution in [2.24, 2.45) is 5.92 Å². The fraction of sp³-hybridized carbons (Fsp3) is 0.889. The molecular formula is C9H13F6NO2. The second kappa shape index (κ2) is 4.94. The van der Waals surface area contributed by atoms with Gasteiger partial charge in [0.05, 0.1) is 11.6 Å². The van der Waals surface area contributed by atoms with Crippen LogP contribution in [-0.2, 0) is 4.79 Å². The summed E-state index contributed by atoms with van der Waals surface area (Å²) in [5.74, 6) is -6.34. The van der Waals surface area contributed by atoms with Gasteiger partial charge in [-0.2, -0.15) is 26.3 Å². The second-order valence-electron chi connectivity index (χ2n) is 4.40. The van der Waals surface area contributed by atoms with Gasteiger partial charge in [-0.05, 0) is 20.8 Å². The predicted molar refractivity (Wildman–Crippen MR) is 49.5 cm³/mol. The molecule has 0 saturated carbocycles. The van der Waals surface area contributed by atoms with E-state index in [4.69, 9.17) is 5.11 Å². The maximum atomic E-state index is 12.2. The van der Waals surface area contributed by atoms with Crippen LogP contribution in [0.1, 0.15) is 20.8 Å². The minimum Gasteiger partial charge on any atom is -0.391 e. The van der Waals surface area contributed by atoms with Crippen LogP contribution in [0.15, 0.2) is 0 Å². The summed E-state index contributed by atoms with van der Waals surface area (Å²) in [6, 6.07) is 0. The van der Waals surface area contributed by atoms with Gasteiger partial charge in [-0.25, -0.2) is 0 Å². The summed E-state index contributed by atoms with van der Waals surface area (Å²) >= 11 is 0. The first-order chi connectivity index (χ1) is 7.69. The molecule has 0 aromatic carbocycles. The van der Waals surface area contributed by atoms with Crippen LogP contribution < -0.4 is 5.32 Å². The zero-order chi connectivity index (χ0) is 14.9. The highest BCUT2D eigenvalue weighted by Crippen LogP contribution is 2.39. The van der Waals surface area contributed by atoms with E-state index in [1.54, 1.807) is 0 Å². The number of aliphatic hydroxyl groups excluding tert-OH is 1. The van der Waals surface area contributed by atoms with E-state index in [-0.39, 0.29) is 0 Å². The van der Waals surface area contributed by atoms with Crippen LogP contribution in [-0.4, -0.2) is 35.0 Å². The van der Waals surface area contributed by atoms with E-state index in [0.717, 1.165) is 20.8 Å². The Morgan fingerprint density at radius 3 is 1.61 bits per heavy atom. The van der Waals surface area contributed by atoms with Crippen LogP contribution in [0.25, 0.3) is 0 Å². The molecule has 3 nitrogen and oxygen atoms in total. The largest absolute Gasteiger partial charge is 0.409 e. The molecule has 108 valence electrons. The standard InChI is InChI=1S/C9H13F6NO2/c1-4(17)7(2,3)16-6(18)5(8(10,11)12)9(13,14)15/h4-5,17H,1-3H3,(H,16,18). The number of alkyl halides is 6. The topological polar surface area (TPSA) is 49.3 Å². The molecule has 0 spiro atoms. The van der Waals surface area contributed by atoms with E-state index in [2.05, 4.69) is 0 Å². The Bertz CT molecular complexity index is 293. The number of rotatable bonds is 3. The Labute approximate surface area is 99.2 Å². The number of carbonyl (C=O) groups is 1. The summed E-state index contributed by atoms with van der Waals surface area (Å²) < 4.78 is 73.2. The van der Waals surface area contributed by atoms with Crippen LogP contribution in [0, 0.1) is 5.92 Å². The fourth-order valence-corrected chi connectivity index (χ4v) is 0.977. The molecule has 0 saturated heterocycles. The lowest BCUT2D eigenvalue weighted by Crippen LogP contribution is -2.57. The SMILES string of the molecule is CC(O)C(C)(C)NC(=O)C(C(F)(F)F)C(F)(F)F. The minimum atomic E-state index is -5.74. The number of hydrogen-bond acceptors (Lipinski definition) is 2. The first kappa shape index (κ1) is 17.0. The molecule has 0 heterocycles. The molecule has 0 fully saturated rings. The molecular weight excluding hydrogens is 268 g/mol. The number of amides is 1. The minimum absolute atomic E-state index is 1.11. The Hall–Kier alpha value is -0.990. The predicted octanol–water partition coefficient (Wildman–Crippen LogP) is 2.00. The van der Waals surface area contributed by atoms with Crippen molar-refractivity contribution in [3.8, 4) is 0 Å². The summed E-state index contributed by atoms with van der Waals surface area (Å²) in [4.78, 5) is 11.1. The molecule has 1 unspecified atom stereocenters. The van der Waals surface area contributed by atoms with Crippen LogP contribution in [0.5, 0.6) is 0 Å². The van der Waals surface area contributed by atoms with E-state index in [1.807, 2.05) is 0 Å². The molecule has 2 N–H and O–H groups in total. The van der Waals surface area contributed by atoms with Gasteiger partial charge in [0.15, 0.2) is 0 Å². The number of halogens is 6. The normalized spacial score (nSPS) is 15.7. The van der Waals surface area contributed by atoms with Gasteiger partial charge in [0.2, 0.25) is 11.8 Å². The van der Waals surface area contributed by atoms with Crippen LogP contribution in [0.4, 0.5) is 26.3 Å². The molecule has 0 aliphatic rings. The highest BCUT2D eigenvalue weighted by atomic mass is 19.4. The van der Waals surface area contributed by atoms with Crippen LogP contribution >= 0.6 is 0 Å². The third kappa shape index (κ3) is 4.35. The quantitative estimate of drug-likeness (QED) is 0.777. The molecule has 18 heavy (non-hydrogen) atoms.